The number of benzene rings is 2. The van der Waals surface area contributed by atoms with Crippen LogP contribution >= 0.6 is 0 Å². The largest absolute Gasteiger partial charge is 0.419 e. The molecular formula is C23H24N4O3S. The molecule has 0 unspecified atom stereocenters. The van der Waals surface area contributed by atoms with Gasteiger partial charge in [-0.15, -0.1) is 0 Å². The van der Waals surface area contributed by atoms with Crippen LogP contribution in [0.1, 0.15) is 43.5 Å². The van der Waals surface area contributed by atoms with Crippen molar-refractivity contribution in [1.29, 1.82) is 5.26 Å². The highest BCUT2D eigenvalue weighted by atomic mass is 32.2. The lowest BCUT2D eigenvalue weighted by Crippen LogP contribution is -2.35. The molecule has 160 valence electrons. The van der Waals surface area contributed by atoms with E-state index in [1.165, 1.54) is 4.31 Å². The maximum Gasteiger partial charge on any atom is 0.243 e. The Bertz CT molecular complexity index is 1180. The third kappa shape index (κ3) is 4.48. The smallest absolute Gasteiger partial charge is 0.243 e. The maximum absolute atomic E-state index is 12.8. The highest BCUT2D eigenvalue weighted by molar-refractivity contribution is 7.89. The fourth-order valence-corrected chi connectivity index (χ4v) is 5.18. The SMILES string of the molecule is C[C@@H](Nc1oc(-c2ccc(S(=O)(=O)N3CCCCC3)cc2)nc1C#N)c1ccccc1. The van der Waals surface area contributed by atoms with Crippen LogP contribution in [-0.2, 0) is 10.0 Å². The normalized spacial score (nSPS) is 15.9. The molecule has 1 aromatic heterocycles. The summed E-state index contributed by atoms with van der Waals surface area (Å²) in [5, 5.41) is 12.7. The molecule has 0 spiro atoms. The second-order valence-electron chi connectivity index (χ2n) is 7.57. The first kappa shape index (κ1) is 21.1. The van der Waals surface area contributed by atoms with Gasteiger partial charge in [-0.1, -0.05) is 36.8 Å². The van der Waals surface area contributed by atoms with Gasteiger partial charge in [0.25, 0.3) is 0 Å². The van der Waals surface area contributed by atoms with Gasteiger partial charge in [0, 0.05) is 18.7 Å². The van der Waals surface area contributed by atoms with Crippen molar-refractivity contribution < 1.29 is 12.8 Å². The minimum atomic E-state index is -3.50. The lowest BCUT2D eigenvalue weighted by atomic mass is 10.1. The average molecular weight is 437 g/mol. The van der Waals surface area contributed by atoms with Crippen LogP contribution in [0.3, 0.4) is 0 Å². The summed E-state index contributed by atoms with van der Waals surface area (Å²) in [6, 6.07) is 18.2. The number of hydrogen-bond donors (Lipinski definition) is 1. The van der Waals surface area contributed by atoms with E-state index in [4.69, 9.17) is 4.42 Å². The first-order chi connectivity index (χ1) is 15.0. The number of rotatable bonds is 6. The van der Waals surface area contributed by atoms with E-state index in [-0.39, 0.29) is 22.5 Å². The third-order valence-electron chi connectivity index (χ3n) is 5.43. The van der Waals surface area contributed by atoms with Crippen molar-refractivity contribution in [2.75, 3.05) is 18.4 Å². The van der Waals surface area contributed by atoms with Crippen molar-refractivity contribution in [3.8, 4) is 17.5 Å². The Morgan fingerprint density at radius 2 is 1.74 bits per heavy atom. The number of anilines is 1. The first-order valence-electron chi connectivity index (χ1n) is 10.3. The lowest BCUT2D eigenvalue weighted by molar-refractivity contribution is 0.346. The van der Waals surface area contributed by atoms with Crippen LogP contribution in [0.4, 0.5) is 5.88 Å². The summed E-state index contributed by atoms with van der Waals surface area (Å²) in [4.78, 5) is 4.53. The van der Waals surface area contributed by atoms with Gasteiger partial charge in [0.05, 0.1) is 10.9 Å². The van der Waals surface area contributed by atoms with Crippen molar-refractivity contribution in [2.24, 2.45) is 0 Å². The molecule has 1 N–H and O–H groups in total. The molecule has 0 radical (unpaired) electrons. The molecule has 1 aliphatic heterocycles. The molecule has 3 aromatic rings. The molecule has 1 aliphatic rings. The van der Waals surface area contributed by atoms with E-state index in [9.17, 15) is 13.7 Å². The fraction of sp³-hybridized carbons (Fsp3) is 0.304. The van der Waals surface area contributed by atoms with E-state index in [1.54, 1.807) is 24.3 Å². The summed E-state index contributed by atoms with van der Waals surface area (Å²) in [6.07, 6.45) is 2.85. The van der Waals surface area contributed by atoms with Gasteiger partial charge < -0.3 is 9.73 Å². The molecule has 0 saturated carbocycles. The molecule has 0 amide bonds. The number of oxazole rings is 1. The van der Waals surface area contributed by atoms with Crippen molar-refractivity contribution in [1.82, 2.24) is 9.29 Å². The number of nitrogens with one attached hydrogen (secondary N) is 1. The standard InChI is InChI=1S/C23H24N4O3S/c1-17(18-8-4-2-5-9-18)25-23-21(16-24)26-22(30-23)19-10-12-20(13-11-19)31(28,29)27-14-6-3-7-15-27/h2,4-5,8-13,17,25H,3,6-7,14-15H2,1H3/t17-/m1/s1. The van der Waals surface area contributed by atoms with Crippen LogP contribution < -0.4 is 5.32 Å². The van der Waals surface area contributed by atoms with Gasteiger partial charge >= 0.3 is 0 Å². The molecular weight excluding hydrogens is 412 g/mol. The van der Waals surface area contributed by atoms with Crippen molar-refractivity contribution in [3.63, 3.8) is 0 Å². The van der Waals surface area contributed by atoms with Crippen LogP contribution in [0.25, 0.3) is 11.5 Å². The minimum Gasteiger partial charge on any atom is -0.419 e. The second kappa shape index (κ2) is 8.92. The topological polar surface area (TPSA) is 99.2 Å². The average Bonchev–Trinajstić information content (AvgIpc) is 3.23. The highest BCUT2D eigenvalue weighted by Gasteiger charge is 2.26. The Hall–Kier alpha value is -3.15. The van der Waals surface area contributed by atoms with Gasteiger partial charge in [0.15, 0.2) is 0 Å². The number of nitrogens with zero attached hydrogens (tertiary/aromatic N) is 3. The van der Waals surface area contributed by atoms with Gasteiger partial charge in [-0.05, 0) is 49.6 Å². The number of hydrogen-bond acceptors (Lipinski definition) is 6. The quantitative estimate of drug-likeness (QED) is 0.608. The maximum atomic E-state index is 12.8. The number of aromatic nitrogens is 1. The van der Waals surface area contributed by atoms with Gasteiger partial charge in [-0.25, -0.2) is 8.42 Å². The Morgan fingerprint density at radius 1 is 1.06 bits per heavy atom. The van der Waals surface area contributed by atoms with E-state index in [1.807, 2.05) is 37.3 Å². The summed E-state index contributed by atoms with van der Waals surface area (Å²) < 4.78 is 33.0. The monoisotopic (exact) mass is 436 g/mol. The summed E-state index contributed by atoms with van der Waals surface area (Å²) in [6.45, 7) is 3.09. The summed E-state index contributed by atoms with van der Waals surface area (Å²) in [5.74, 6) is 0.556. The van der Waals surface area contributed by atoms with Gasteiger partial charge in [-0.2, -0.15) is 14.6 Å². The van der Waals surface area contributed by atoms with Crippen LogP contribution in [0.2, 0.25) is 0 Å². The summed E-state index contributed by atoms with van der Waals surface area (Å²) in [7, 11) is -3.50. The van der Waals surface area contributed by atoms with E-state index in [2.05, 4.69) is 16.4 Å². The molecule has 1 saturated heterocycles. The second-order valence-corrected chi connectivity index (χ2v) is 9.51. The molecule has 7 nitrogen and oxygen atoms in total. The highest BCUT2D eigenvalue weighted by Crippen LogP contribution is 2.29. The van der Waals surface area contributed by atoms with E-state index in [0.717, 1.165) is 24.8 Å². The van der Waals surface area contributed by atoms with Crippen LogP contribution in [0.5, 0.6) is 0 Å². The number of sulfonamides is 1. The predicted octanol–water partition coefficient (Wildman–Crippen LogP) is 4.56. The third-order valence-corrected chi connectivity index (χ3v) is 7.35. The molecule has 0 bridgehead atoms. The number of nitriles is 1. The lowest BCUT2D eigenvalue weighted by Gasteiger charge is -2.25. The first-order valence-corrected chi connectivity index (χ1v) is 11.8. The van der Waals surface area contributed by atoms with Crippen molar-refractivity contribution in [3.05, 3.63) is 65.9 Å². The molecule has 2 aromatic carbocycles. The van der Waals surface area contributed by atoms with Crippen LogP contribution in [-0.4, -0.2) is 30.8 Å². The Balaban J connectivity index is 1.55. The van der Waals surface area contributed by atoms with Crippen molar-refractivity contribution >= 4 is 15.9 Å². The molecule has 31 heavy (non-hydrogen) atoms. The Morgan fingerprint density at radius 3 is 2.39 bits per heavy atom. The predicted molar refractivity (Wildman–Crippen MR) is 118 cm³/mol. The zero-order valence-corrected chi connectivity index (χ0v) is 18.1. The van der Waals surface area contributed by atoms with E-state index in [0.29, 0.717) is 24.5 Å². The fourth-order valence-electron chi connectivity index (χ4n) is 3.66. The van der Waals surface area contributed by atoms with Crippen LogP contribution in [0.15, 0.2) is 63.9 Å². The van der Waals surface area contributed by atoms with Gasteiger partial charge in [-0.3, -0.25) is 0 Å². The Labute approximate surface area is 182 Å². The zero-order valence-electron chi connectivity index (χ0n) is 17.3. The zero-order chi connectivity index (χ0) is 21.8. The molecule has 4 rings (SSSR count). The van der Waals surface area contributed by atoms with Gasteiger partial charge in [0.2, 0.25) is 27.5 Å². The van der Waals surface area contributed by atoms with E-state index >= 15 is 0 Å². The molecule has 1 atom stereocenters. The number of piperidine rings is 1. The minimum absolute atomic E-state index is 0.0776. The molecule has 1 fully saturated rings. The van der Waals surface area contributed by atoms with Crippen molar-refractivity contribution in [2.45, 2.75) is 37.1 Å². The molecule has 0 aliphatic carbocycles. The summed E-state index contributed by atoms with van der Waals surface area (Å²) in [5.41, 5.74) is 1.81. The van der Waals surface area contributed by atoms with Gasteiger partial charge in [0.1, 0.15) is 6.07 Å². The van der Waals surface area contributed by atoms with E-state index < -0.39 is 10.0 Å². The Kier molecular flexibility index (Phi) is 6.07. The molecule has 2 heterocycles. The summed E-state index contributed by atoms with van der Waals surface area (Å²) >= 11 is 0. The molecule has 8 heteroatoms. The van der Waals surface area contributed by atoms with Crippen LogP contribution in [0, 0.1) is 11.3 Å².